The Balaban J connectivity index is 0.883. The molecule has 2 aromatic heterocycles. The molecule has 4 amide bonds. The summed E-state index contributed by atoms with van der Waals surface area (Å²) in [6, 6.07) is 41.3. The predicted octanol–water partition coefficient (Wildman–Crippen LogP) is 9.45. The van der Waals surface area contributed by atoms with E-state index in [0.717, 1.165) is 80.8 Å². The number of aromatic amines is 2. The van der Waals surface area contributed by atoms with Crippen LogP contribution >= 0.6 is 0 Å². The van der Waals surface area contributed by atoms with Gasteiger partial charge in [0, 0.05) is 13.1 Å². The molecule has 10 rings (SSSR count). The fraction of sp³-hybridized carbons (Fsp3) is 0.231. The predicted molar refractivity (Wildman–Crippen MR) is 251 cm³/mol. The fourth-order valence-corrected chi connectivity index (χ4v) is 9.52. The van der Waals surface area contributed by atoms with Crippen molar-refractivity contribution < 1.29 is 28.7 Å². The molecule has 4 atom stereocenters. The number of methoxy groups -OCH3 is 2. The smallest absolute Gasteiger partial charge is 0.407 e. The number of alkyl carbamates (subject to hydrolysis) is 2. The zero-order valence-corrected chi connectivity index (χ0v) is 36.5. The molecule has 0 bridgehead atoms. The number of amides is 4. The normalized spacial score (nSPS) is 16.9. The van der Waals surface area contributed by atoms with Crippen molar-refractivity contribution in [3.63, 3.8) is 0 Å². The number of likely N-dealkylation sites (tertiary alicyclic amines) is 2. The fourth-order valence-electron chi connectivity index (χ4n) is 9.52. The number of aromatic nitrogens is 4. The molecule has 4 heterocycles. The van der Waals surface area contributed by atoms with Crippen molar-refractivity contribution in [1.82, 2.24) is 40.4 Å². The summed E-state index contributed by atoms with van der Waals surface area (Å²) in [4.78, 5) is 73.3. The Kier molecular flexibility index (Phi) is 11.4. The van der Waals surface area contributed by atoms with E-state index in [1.807, 2.05) is 72.8 Å². The molecule has 6 aromatic carbocycles. The van der Waals surface area contributed by atoms with Crippen LogP contribution in [0.3, 0.4) is 0 Å². The van der Waals surface area contributed by atoms with Crippen molar-refractivity contribution in [2.75, 3.05) is 27.3 Å². The first-order valence-corrected chi connectivity index (χ1v) is 22.2. The number of nitrogens with one attached hydrogen (secondary N) is 4. The molecule has 2 fully saturated rings. The highest BCUT2D eigenvalue weighted by atomic mass is 16.5. The molecule has 0 aliphatic carbocycles. The highest BCUT2D eigenvalue weighted by molar-refractivity contribution is 5.94. The number of hydrogen-bond donors (Lipinski definition) is 4. The van der Waals surface area contributed by atoms with Gasteiger partial charge in [-0.3, -0.25) is 9.59 Å². The van der Waals surface area contributed by atoms with Crippen molar-refractivity contribution >= 4 is 56.8 Å². The maximum Gasteiger partial charge on any atom is 0.407 e. The number of imidazole rings is 2. The van der Waals surface area contributed by atoms with Crippen LogP contribution < -0.4 is 10.6 Å². The molecule has 0 saturated carbocycles. The maximum atomic E-state index is 14.1. The molecule has 2 aliphatic heterocycles. The first kappa shape index (κ1) is 42.0. The van der Waals surface area contributed by atoms with Crippen molar-refractivity contribution in [2.24, 2.45) is 0 Å². The summed E-state index contributed by atoms with van der Waals surface area (Å²) < 4.78 is 9.73. The van der Waals surface area contributed by atoms with E-state index in [-0.39, 0.29) is 23.9 Å². The summed E-state index contributed by atoms with van der Waals surface area (Å²) in [6.07, 6.45) is 1.76. The van der Waals surface area contributed by atoms with E-state index in [1.54, 1.807) is 9.80 Å². The average Bonchev–Trinajstić information content (AvgIpc) is 4.20. The van der Waals surface area contributed by atoms with E-state index in [2.05, 4.69) is 81.3 Å². The molecular weight excluding hydrogens is 833 g/mol. The summed E-state index contributed by atoms with van der Waals surface area (Å²) >= 11 is 0. The summed E-state index contributed by atoms with van der Waals surface area (Å²) in [6.45, 7) is 1.09. The molecule has 66 heavy (non-hydrogen) atoms. The minimum absolute atomic E-state index is 0.214. The summed E-state index contributed by atoms with van der Waals surface area (Å²) in [5, 5.41) is 7.66. The van der Waals surface area contributed by atoms with Gasteiger partial charge in [0.1, 0.15) is 23.7 Å². The van der Waals surface area contributed by atoms with Gasteiger partial charge in [-0.1, -0.05) is 97.1 Å². The van der Waals surface area contributed by atoms with Crippen LogP contribution in [0.25, 0.3) is 55.1 Å². The van der Waals surface area contributed by atoms with Gasteiger partial charge in [0.25, 0.3) is 11.8 Å². The number of H-pyrrole nitrogens is 2. The Morgan fingerprint density at radius 3 is 1.38 bits per heavy atom. The zero-order chi connectivity index (χ0) is 45.3. The lowest BCUT2D eigenvalue weighted by atomic mass is 9.97. The lowest BCUT2D eigenvalue weighted by Gasteiger charge is -2.28. The Bertz CT molecular complexity index is 2910. The lowest BCUT2D eigenvalue weighted by molar-refractivity contribution is -0.135. The molecule has 332 valence electrons. The number of fused-ring (bicyclic) bond motifs is 3. The van der Waals surface area contributed by atoms with E-state index in [1.165, 1.54) is 14.2 Å². The van der Waals surface area contributed by atoms with Gasteiger partial charge in [-0.2, -0.15) is 0 Å². The van der Waals surface area contributed by atoms with E-state index in [4.69, 9.17) is 19.4 Å². The summed E-state index contributed by atoms with van der Waals surface area (Å²) in [5.41, 5.74) is 8.86. The Morgan fingerprint density at radius 1 is 0.545 bits per heavy atom. The number of benzene rings is 6. The molecule has 0 spiro atoms. The SMILES string of the molecule is COC(=O)NC(C(=O)N1CCCC1c1nc2ccc(-c3ccc4ccc(-c5ccc6nc(C7CCCN7C(=O)C(NC(=O)OC)c7ccccc7)[nH]c6c5)cc4c3)cc2[nH]1)c1ccccc1. The van der Waals surface area contributed by atoms with Crippen molar-refractivity contribution in [3.8, 4) is 22.3 Å². The number of hydrogen-bond acceptors (Lipinski definition) is 8. The van der Waals surface area contributed by atoms with E-state index < -0.39 is 24.3 Å². The topological polar surface area (TPSA) is 175 Å². The van der Waals surface area contributed by atoms with Crippen LogP contribution in [0.15, 0.2) is 133 Å². The quantitative estimate of drug-likeness (QED) is 0.105. The third-order valence-electron chi connectivity index (χ3n) is 12.9. The monoisotopic (exact) mass is 880 g/mol. The highest BCUT2D eigenvalue weighted by Gasteiger charge is 2.38. The maximum absolute atomic E-state index is 14.1. The van der Waals surface area contributed by atoms with Crippen molar-refractivity contribution in [3.05, 3.63) is 156 Å². The second kappa shape index (κ2) is 17.9. The molecule has 0 radical (unpaired) electrons. The van der Waals surface area contributed by atoms with Gasteiger partial charge in [-0.15, -0.1) is 0 Å². The van der Waals surface area contributed by atoms with Crippen molar-refractivity contribution in [1.29, 1.82) is 0 Å². The molecule has 8 aromatic rings. The van der Waals surface area contributed by atoms with Crippen LogP contribution in [0.1, 0.15) is 72.6 Å². The molecule has 14 heteroatoms. The van der Waals surface area contributed by atoms with Crippen LogP contribution in [0, 0.1) is 0 Å². The minimum Gasteiger partial charge on any atom is -0.453 e. The number of rotatable bonds is 10. The van der Waals surface area contributed by atoms with Gasteiger partial charge < -0.3 is 39.9 Å². The Labute approximate surface area is 380 Å². The van der Waals surface area contributed by atoms with E-state index in [0.29, 0.717) is 35.9 Å². The average molecular weight is 881 g/mol. The number of ether oxygens (including phenoxy) is 2. The molecule has 4 unspecified atom stereocenters. The molecular formula is C52H48N8O6. The second-order valence-corrected chi connectivity index (χ2v) is 16.8. The van der Waals surface area contributed by atoms with Crippen molar-refractivity contribution in [2.45, 2.75) is 49.9 Å². The third kappa shape index (κ3) is 8.17. The summed E-state index contributed by atoms with van der Waals surface area (Å²) in [5.74, 6) is 0.991. The zero-order valence-electron chi connectivity index (χ0n) is 36.5. The van der Waals surface area contributed by atoms with Crippen LogP contribution in [0.2, 0.25) is 0 Å². The van der Waals surface area contributed by atoms with E-state index >= 15 is 0 Å². The van der Waals surface area contributed by atoms with E-state index in [9.17, 15) is 19.2 Å². The first-order chi connectivity index (χ1) is 32.2. The minimum atomic E-state index is -0.893. The first-order valence-electron chi connectivity index (χ1n) is 22.2. The molecule has 4 N–H and O–H groups in total. The van der Waals surface area contributed by atoms with Crippen LogP contribution in [0.5, 0.6) is 0 Å². The Morgan fingerprint density at radius 2 is 0.955 bits per heavy atom. The lowest BCUT2D eigenvalue weighted by Crippen LogP contribution is -2.42. The van der Waals surface area contributed by atoms with Gasteiger partial charge in [0.15, 0.2) is 0 Å². The standard InChI is InChI=1S/C52H48N8O6/c1-65-51(63)57-45(32-11-5-3-6-12-32)49(61)59-25-9-15-43(59)47-53-39-23-21-36(29-41(39)55-47)34-19-17-31-18-20-35(28-38(31)27-34)37-22-24-40-42(30-37)56-48(54-40)44-16-10-26-60(44)50(62)46(58-52(64)66-2)33-13-7-4-8-14-33/h3-8,11-14,17-24,27-30,43-46H,9-10,15-16,25-26H2,1-2H3,(H,53,55)(H,54,56)(H,57,63)(H,58,64). The van der Waals surface area contributed by atoms with Gasteiger partial charge >= 0.3 is 12.2 Å². The van der Waals surface area contributed by atoms with Gasteiger partial charge in [-0.05, 0) is 106 Å². The van der Waals surface area contributed by atoms with Crippen LogP contribution in [-0.4, -0.2) is 81.0 Å². The van der Waals surface area contributed by atoms with Gasteiger partial charge in [0.2, 0.25) is 0 Å². The molecule has 14 nitrogen and oxygen atoms in total. The highest BCUT2D eigenvalue weighted by Crippen LogP contribution is 2.37. The molecule has 2 saturated heterocycles. The molecule has 2 aliphatic rings. The van der Waals surface area contributed by atoms with Crippen LogP contribution in [0.4, 0.5) is 9.59 Å². The number of nitrogens with zero attached hydrogens (tertiary/aromatic N) is 4. The van der Waals surface area contributed by atoms with Crippen LogP contribution in [-0.2, 0) is 19.1 Å². The second-order valence-electron chi connectivity index (χ2n) is 16.8. The van der Waals surface area contributed by atoms with Gasteiger partial charge in [-0.25, -0.2) is 19.6 Å². The number of carbonyl (C=O) groups excluding carboxylic acids is 4. The third-order valence-corrected chi connectivity index (χ3v) is 12.9. The largest absolute Gasteiger partial charge is 0.453 e. The summed E-state index contributed by atoms with van der Waals surface area (Å²) in [7, 11) is 2.57. The Hall–Kier alpha value is -8.00. The number of carbonyl (C=O) groups is 4. The van der Waals surface area contributed by atoms with Gasteiger partial charge in [0.05, 0.1) is 48.4 Å².